The van der Waals surface area contributed by atoms with E-state index in [9.17, 15) is 9.59 Å². The van der Waals surface area contributed by atoms with E-state index in [4.69, 9.17) is 15.3 Å². The number of benzene rings is 2. The fourth-order valence-electron chi connectivity index (χ4n) is 5.43. The molecule has 0 unspecified atom stereocenters. The maximum Gasteiger partial charge on any atom is 0.270 e. The summed E-state index contributed by atoms with van der Waals surface area (Å²) in [6.07, 6.45) is 11.1. The predicted octanol–water partition coefficient (Wildman–Crippen LogP) is 3.41. The first-order valence-corrected chi connectivity index (χ1v) is 15.0. The second kappa shape index (κ2) is 14.7. The number of nitrogens with zero attached hydrogens (tertiary/aromatic N) is 7. The zero-order valence-electron chi connectivity index (χ0n) is 25.8. The van der Waals surface area contributed by atoms with E-state index in [-0.39, 0.29) is 23.9 Å². The second-order valence-electron chi connectivity index (χ2n) is 11.1. The van der Waals surface area contributed by atoms with Gasteiger partial charge in [-0.25, -0.2) is 0 Å². The van der Waals surface area contributed by atoms with Crippen molar-refractivity contribution in [1.82, 2.24) is 35.2 Å². The van der Waals surface area contributed by atoms with Gasteiger partial charge < -0.3 is 25.2 Å². The van der Waals surface area contributed by atoms with E-state index in [2.05, 4.69) is 33.1 Å². The number of methoxy groups -OCH3 is 1. The summed E-state index contributed by atoms with van der Waals surface area (Å²) < 4.78 is 7.15. The van der Waals surface area contributed by atoms with Crippen molar-refractivity contribution in [3.05, 3.63) is 90.5 Å². The molecule has 2 fully saturated rings. The minimum Gasteiger partial charge on any atom is -0.496 e. The van der Waals surface area contributed by atoms with E-state index in [0.29, 0.717) is 43.2 Å². The first kappa shape index (κ1) is 31.5. The number of carbonyl (C=O) groups excluding carboxylic acids is 2. The summed E-state index contributed by atoms with van der Waals surface area (Å²) in [4.78, 5) is 32.1. The van der Waals surface area contributed by atoms with Crippen LogP contribution in [0.15, 0.2) is 79.3 Å². The summed E-state index contributed by atoms with van der Waals surface area (Å²) in [5.74, 6) is 0.279. The molecular weight excluding hydrogens is 582 g/mol. The molecule has 12 heteroatoms. The maximum atomic E-state index is 12.4. The van der Waals surface area contributed by atoms with Crippen molar-refractivity contribution in [3.8, 4) is 40.4 Å². The van der Waals surface area contributed by atoms with Crippen LogP contribution in [0.3, 0.4) is 0 Å². The second-order valence-corrected chi connectivity index (χ2v) is 11.1. The fraction of sp³-hybridized carbons (Fsp3) is 0.294. The first-order chi connectivity index (χ1) is 22.4. The minimum atomic E-state index is -0.190. The number of pyridine rings is 1. The van der Waals surface area contributed by atoms with Crippen LogP contribution in [0.1, 0.15) is 33.7 Å². The van der Waals surface area contributed by atoms with Crippen LogP contribution in [0.4, 0.5) is 0 Å². The van der Waals surface area contributed by atoms with Crippen LogP contribution in [0.5, 0.6) is 5.75 Å². The molecule has 12 nitrogen and oxygen atoms in total. The van der Waals surface area contributed by atoms with Gasteiger partial charge in [0.05, 0.1) is 13.3 Å². The highest BCUT2D eigenvalue weighted by atomic mass is 16.5. The number of likely N-dealkylation sites (tertiary alicyclic amines) is 2. The number of amides is 2. The molecule has 2 saturated heterocycles. The third-order valence-corrected chi connectivity index (χ3v) is 7.91. The lowest BCUT2D eigenvalue weighted by Gasteiger charge is -2.14. The van der Waals surface area contributed by atoms with Gasteiger partial charge in [-0.3, -0.25) is 19.3 Å². The molecule has 234 valence electrons. The number of hydrogen-bond donors (Lipinski definition) is 2. The standard InChI is InChI=1S/C17H19N5O2.C17H16N4O/c1-21-9-13(8-19-21)15-4-3-12(7-16(15)24-2)17(23)20-14-5-6-22(10-14)11-18;18-12-21-9-8-15(11-21)20-17(22)16-7-6-14(10-19-16)13-4-2-1-3-5-13/h3-4,7-9,14H,5-6,10H2,1-2H3,(H,20,23);1-7,10,15H,8-9,11H2,(H,20,22)/t14-;15-/m11/s1. The number of nitrogens with one attached hydrogen (secondary N) is 2. The quantitative estimate of drug-likeness (QED) is 0.297. The zero-order chi connectivity index (χ0) is 32.5. The smallest absolute Gasteiger partial charge is 0.270 e. The normalized spacial score (nSPS) is 16.9. The summed E-state index contributed by atoms with van der Waals surface area (Å²) >= 11 is 0. The molecule has 4 heterocycles. The molecule has 6 rings (SSSR count). The number of nitriles is 2. The summed E-state index contributed by atoms with van der Waals surface area (Å²) in [7, 11) is 3.43. The molecule has 2 aromatic heterocycles. The van der Waals surface area contributed by atoms with E-state index in [1.165, 1.54) is 0 Å². The minimum absolute atomic E-state index is 0.00106. The van der Waals surface area contributed by atoms with Gasteiger partial charge in [-0.2, -0.15) is 15.6 Å². The molecule has 4 aromatic rings. The highest BCUT2D eigenvalue weighted by molar-refractivity contribution is 5.96. The predicted molar refractivity (Wildman–Crippen MR) is 171 cm³/mol. The molecule has 0 radical (unpaired) electrons. The lowest BCUT2D eigenvalue weighted by Crippen LogP contribution is -2.36. The Balaban J connectivity index is 0.000000182. The van der Waals surface area contributed by atoms with Gasteiger partial charge in [0, 0.05) is 80.0 Å². The summed E-state index contributed by atoms with van der Waals surface area (Å²) in [6, 6.07) is 18.9. The zero-order valence-corrected chi connectivity index (χ0v) is 25.8. The van der Waals surface area contributed by atoms with Crippen molar-refractivity contribution in [2.45, 2.75) is 24.9 Å². The van der Waals surface area contributed by atoms with E-state index >= 15 is 0 Å². The third kappa shape index (κ3) is 7.79. The number of carbonyl (C=O) groups is 2. The molecule has 0 bridgehead atoms. The van der Waals surface area contributed by atoms with Crippen molar-refractivity contribution >= 4 is 11.8 Å². The Kier molecular flexibility index (Phi) is 10.1. The fourth-order valence-corrected chi connectivity index (χ4v) is 5.43. The third-order valence-electron chi connectivity index (χ3n) is 7.91. The van der Waals surface area contributed by atoms with Gasteiger partial charge in [0.25, 0.3) is 11.8 Å². The Morgan fingerprint density at radius 2 is 1.52 bits per heavy atom. The lowest BCUT2D eigenvalue weighted by molar-refractivity contribution is 0.0927. The van der Waals surface area contributed by atoms with Gasteiger partial charge >= 0.3 is 0 Å². The number of ether oxygens (including phenoxy) is 1. The maximum absolute atomic E-state index is 12.4. The van der Waals surface area contributed by atoms with E-state index in [1.807, 2.05) is 55.7 Å². The Labute approximate surface area is 267 Å². The van der Waals surface area contributed by atoms with Crippen molar-refractivity contribution in [2.75, 3.05) is 33.3 Å². The van der Waals surface area contributed by atoms with Crippen LogP contribution in [-0.4, -0.2) is 81.8 Å². The van der Waals surface area contributed by atoms with Crippen LogP contribution >= 0.6 is 0 Å². The largest absolute Gasteiger partial charge is 0.496 e. The van der Waals surface area contributed by atoms with Crippen LogP contribution in [0, 0.1) is 22.9 Å². The summed E-state index contributed by atoms with van der Waals surface area (Å²) in [5.41, 5.74) is 4.81. The average molecular weight is 618 g/mol. The van der Waals surface area contributed by atoms with Crippen LogP contribution in [0.25, 0.3) is 22.3 Å². The summed E-state index contributed by atoms with van der Waals surface area (Å²) in [5, 5.41) is 27.8. The Hall–Kier alpha value is -5.88. The Morgan fingerprint density at radius 1 is 0.848 bits per heavy atom. The molecule has 2 N–H and O–H groups in total. The molecule has 0 aliphatic carbocycles. The molecular formula is C34H35N9O3. The molecule has 2 amide bonds. The molecule has 0 spiro atoms. The number of aryl methyl sites for hydroxylation is 1. The van der Waals surface area contributed by atoms with E-state index in [1.54, 1.807) is 52.2 Å². The lowest BCUT2D eigenvalue weighted by atomic mass is 10.0. The highest BCUT2D eigenvalue weighted by Gasteiger charge is 2.25. The SMILES string of the molecule is COc1cc(C(=O)N[C@@H]2CCN(C#N)C2)ccc1-c1cnn(C)c1.N#CN1CC[C@@H](NC(=O)c2ccc(-c3ccccc3)cn2)C1. The highest BCUT2D eigenvalue weighted by Crippen LogP contribution is 2.30. The molecule has 2 aliphatic heterocycles. The van der Waals surface area contributed by atoms with E-state index in [0.717, 1.165) is 35.1 Å². The molecule has 0 saturated carbocycles. The summed E-state index contributed by atoms with van der Waals surface area (Å²) in [6.45, 7) is 2.52. The average Bonchev–Trinajstić information content (AvgIpc) is 3.86. The van der Waals surface area contributed by atoms with Crippen molar-refractivity contribution in [1.29, 1.82) is 10.5 Å². The number of aromatic nitrogens is 3. The Morgan fingerprint density at radius 3 is 2.07 bits per heavy atom. The van der Waals surface area contributed by atoms with Crippen molar-refractivity contribution in [3.63, 3.8) is 0 Å². The topological polar surface area (TPSA) is 152 Å². The monoisotopic (exact) mass is 617 g/mol. The van der Waals surface area contributed by atoms with Gasteiger partial charge in [0.15, 0.2) is 12.4 Å². The number of rotatable bonds is 7. The van der Waals surface area contributed by atoms with Gasteiger partial charge in [0.1, 0.15) is 11.4 Å². The van der Waals surface area contributed by atoms with Gasteiger partial charge in [-0.15, -0.1) is 0 Å². The number of hydrogen-bond acceptors (Lipinski definition) is 9. The van der Waals surface area contributed by atoms with E-state index < -0.39 is 0 Å². The van der Waals surface area contributed by atoms with Crippen LogP contribution in [0.2, 0.25) is 0 Å². The van der Waals surface area contributed by atoms with Crippen LogP contribution in [-0.2, 0) is 7.05 Å². The van der Waals surface area contributed by atoms with Crippen LogP contribution < -0.4 is 15.4 Å². The first-order valence-electron chi connectivity index (χ1n) is 15.0. The molecule has 46 heavy (non-hydrogen) atoms. The molecule has 2 aliphatic rings. The molecule has 2 atom stereocenters. The Bertz CT molecular complexity index is 1740. The van der Waals surface area contributed by atoms with Gasteiger partial charge in [0.2, 0.25) is 0 Å². The van der Waals surface area contributed by atoms with Crippen molar-refractivity contribution < 1.29 is 14.3 Å². The van der Waals surface area contributed by atoms with Crippen molar-refractivity contribution in [2.24, 2.45) is 7.05 Å². The van der Waals surface area contributed by atoms with Gasteiger partial charge in [-0.05, 0) is 42.7 Å². The molecule has 2 aromatic carbocycles. The van der Waals surface area contributed by atoms with Gasteiger partial charge in [-0.1, -0.05) is 36.4 Å².